The van der Waals surface area contributed by atoms with Gasteiger partial charge in [-0.1, -0.05) is 6.92 Å². The Labute approximate surface area is 119 Å². The van der Waals surface area contributed by atoms with Gasteiger partial charge in [-0.05, 0) is 38.6 Å². The Morgan fingerprint density at radius 3 is 2.75 bits per heavy atom. The van der Waals surface area contributed by atoms with Crippen molar-refractivity contribution >= 4 is 5.91 Å². The second-order valence-corrected chi connectivity index (χ2v) is 4.51. The normalized spacial score (nSPS) is 12.0. The second-order valence-electron chi connectivity index (χ2n) is 4.51. The molecule has 0 aromatic heterocycles. The smallest absolute Gasteiger partial charge is 0.223 e. The minimum Gasteiger partial charge on any atom is -0.493 e. The third-order valence-electron chi connectivity index (χ3n) is 2.91. The molecule has 112 valence electrons. The van der Waals surface area contributed by atoms with Crippen molar-refractivity contribution < 1.29 is 13.9 Å². The van der Waals surface area contributed by atoms with E-state index in [1.54, 1.807) is 6.07 Å². The number of hydrogen-bond donors (Lipinski definition) is 2. The molecule has 4 nitrogen and oxygen atoms in total. The van der Waals surface area contributed by atoms with E-state index in [-0.39, 0.29) is 24.4 Å². The molecule has 0 aliphatic heterocycles. The van der Waals surface area contributed by atoms with Gasteiger partial charge < -0.3 is 15.4 Å². The Morgan fingerprint density at radius 1 is 1.35 bits per heavy atom. The summed E-state index contributed by atoms with van der Waals surface area (Å²) in [7, 11) is 0. The maximum atomic E-state index is 13.4. The fourth-order valence-electron chi connectivity index (χ4n) is 1.94. The number of amides is 1. The standard InChI is InChI=1S/C15H23FN2O2/c1-4-17-11(3)13-10-12(16)6-7-14(13)20-9-8-15(19)18-5-2/h6-7,10-11,17H,4-5,8-9H2,1-3H3,(H,18,19). The number of nitrogens with one attached hydrogen (secondary N) is 2. The molecule has 20 heavy (non-hydrogen) atoms. The van der Waals surface area contributed by atoms with Crippen LogP contribution in [0, 0.1) is 5.82 Å². The zero-order chi connectivity index (χ0) is 15.0. The summed E-state index contributed by atoms with van der Waals surface area (Å²) in [6.45, 7) is 7.49. The molecule has 1 aromatic rings. The van der Waals surface area contributed by atoms with Crippen molar-refractivity contribution in [1.82, 2.24) is 10.6 Å². The summed E-state index contributed by atoms with van der Waals surface area (Å²) >= 11 is 0. The van der Waals surface area contributed by atoms with E-state index < -0.39 is 0 Å². The lowest BCUT2D eigenvalue weighted by molar-refractivity contribution is -0.121. The van der Waals surface area contributed by atoms with Crippen molar-refractivity contribution in [2.45, 2.75) is 33.2 Å². The van der Waals surface area contributed by atoms with Gasteiger partial charge in [0.05, 0.1) is 13.0 Å². The maximum absolute atomic E-state index is 13.4. The molecule has 5 heteroatoms. The monoisotopic (exact) mass is 282 g/mol. The maximum Gasteiger partial charge on any atom is 0.223 e. The van der Waals surface area contributed by atoms with E-state index in [1.807, 2.05) is 20.8 Å². The van der Waals surface area contributed by atoms with Gasteiger partial charge in [-0.25, -0.2) is 4.39 Å². The summed E-state index contributed by atoms with van der Waals surface area (Å²) in [5, 5.41) is 5.93. The summed E-state index contributed by atoms with van der Waals surface area (Å²) in [5.74, 6) is 0.279. The van der Waals surface area contributed by atoms with Crippen LogP contribution in [0.2, 0.25) is 0 Å². The van der Waals surface area contributed by atoms with Gasteiger partial charge in [-0.2, -0.15) is 0 Å². The molecular formula is C15H23FN2O2. The zero-order valence-electron chi connectivity index (χ0n) is 12.3. The van der Waals surface area contributed by atoms with E-state index in [2.05, 4.69) is 10.6 Å². The molecule has 0 radical (unpaired) electrons. The molecule has 0 fully saturated rings. The minimum atomic E-state index is -0.291. The number of ether oxygens (including phenoxy) is 1. The first-order valence-corrected chi connectivity index (χ1v) is 7.00. The van der Waals surface area contributed by atoms with Gasteiger partial charge >= 0.3 is 0 Å². The number of halogens is 1. The van der Waals surface area contributed by atoms with Crippen LogP contribution in [-0.4, -0.2) is 25.6 Å². The van der Waals surface area contributed by atoms with Crippen molar-refractivity contribution in [2.24, 2.45) is 0 Å². The lowest BCUT2D eigenvalue weighted by atomic mass is 10.1. The van der Waals surface area contributed by atoms with E-state index in [9.17, 15) is 9.18 Å². The van der Waals surface area contributed by atoms with Crippen LogP contribution in [-0.2, 0) is 4.79 Å². The Morgan fingerprint density at radius 2 is 2.10 bits per heavy atom. The van der Waals surface area contributed by atoms with Gasteiger partial charge in [0.1, 0.15) is 11.6 Å². The number of carbonyl (C=O) groups is 1. The summed E-state index contributed by atoms with van der Waals surface area (Å²) in [5.41, 5.74) is 0.766. The van der Waals surface area contributed by atoms with Crippen molar-refractivity contribution in [3.05, 3.63) is 29.6 Å². The first-order chi connectivity index (χ1) is 9.58. The first kappa shape index (κ1) is 16.4. The van der Waals surface area contributed by atoms with Crippen LogP contribution < -0.4 is 15.4 Å². The number of benzene rings is 1. The van der Waals surface area contributed by atoms with E-state index >= 15 is 0 Å². The zero-order valence-corrected chi connectivity index (χ0v) is 12.3. The molecule has 0 saturated heterocycles. The van der Waals surface area contributed by atoms with Crippen LogP contribution in [0.4, 0.5) is 4.39 Å². The quantitative estimate of drug-likeness (QED) is 0.770. The Kier molecular flexibility index (Phi) is 7.01. The molecule has 1 aromatic carbocycles. The van der Waals surface area contributed by atoms with Crippen molar-refractivity contribution in [2.75, 3.05) is 19.7 Å². The van der Waals surface area contributed by atoms with E-state index in [1.165, 1.54) is 12.1 Å². The lowest BCUT2D eigenvalue weighted by Crippen LogP contribution is -2.24. The van der Waals surface area contributed by atoms with Gasteiger partial charge in [0.15, 0.2) is 0 Å². The van der Waals surface area contributed by atoms with E-state index in [0.717, 1.165) is 12.1 Å². The molecule has 1 unspecified atom stereocenters. The first-order valence-electron chi connectivity index (χ1n) is 7.00. The fraction of sp³-hybridized carbons (Fsp3) is 0.533. The number of hydrogen-bond acceptors (Lipinski definition) is 3. The molecule has 0 saturated carbocycles. The fourth-order valence-corrected chi connectivity index (χ4v) is 1.94. The van der Waals surface area contributed by atoms with Crippen LogP contribution in [0.5, 0.6) is 5.75 Å². The highest BCUT2D eigenvalue weighted by atomic mass is 19.1. The van der Waals surface area contributed by atoms with Crippen molar-refractivity contribution in [3.63, 3.8) is 0 Å². The van der Waals surface area contributed by atoms with Gasteiger partial charge in [-0.15, -0.1) is 0 Å². The van der Waals surface area contributed by atoms with E-state index in [4.69, 9.17) is 4.74 Å². The third kappa shape index (κ3) is 5.17. The summed E-state index contributed by atoms with van der Waals surface area (Å²) in [4.78, 5) is 11.3. The van der Waals surface area contributed by atoms with Crippen LogP contribution in [0.3, 0.4) is 0 Å². The number of rotatable bonds is 8. The predicted octanol–water partition coefficient (Wildman–Crippen LogP) is 2.40. The van der Waals surface area contributed by atoms with E-state index in [0.29, 0.717) is 18.7 Å². The molecule has 1 amide bonds. The SMILES string of the molecule is CCNC(=O)CCOc1ccc(F)cc1C(C)NCC. The highest BCUT2D eigenvalue weighted by molar-refractivity contribution is 5.75. The predicted molar refractivity (Wildman–Crippen MR) is 77.3 cm³/mol. The van der Waals surface area contributed by atoms with Gasteiger partial charge in [-0.3, -0.25) is 4.79 Å². The minimum absolute atomic E-state index is 0.00447. The van der Waals surface area contributed by atoms with Crippen LogP contribution in [0.15, 0.2) is 18.2 Å². The topological polar surface area (TPSA) is 50.4 Å². The highest BCUT2D eigenvalue weighted by Gasteiger charge is 2.12. The molecule has 0 bridgehead atoms. The second kappa shape index (κ2) is 8.53. The number of carbonyl (C=O) groups excluding carboxylic acids is 1. The van der Waals surface area contributed by atoms with Crippen LogP contribution in [0.25, 0.3) is 0 Å². The largest absolute Gasteiger partial charge is 0.493 e. The van der Waals surface area contributed by atoms with Crippen molar-refractivity contribution in [1.29, 1.82) is 0 Å². The average molecular weight is 282 g/mol. The summed E-state index contributed by atoms with van der Waals surface area (Å²) in [6.07, 6.45) is 0.292. The summed E-state index contributed by atoms with van der Waals surface area (Å²) < 4.78 is 19.0. The highest BCUT2D eigenvalue weighted by Crippen LogP contribution is 2.26. The average Bonchev–Trinajstić information content (AvgIpc) is 2.41. The molecule has 1 atom stereocenters. The third-order valence-corrected chi connectivity index (χ3v) is 2.91. The summed E-state index contributed by atoms with van der Waals surface area (Å²) in [6, 6.07) is 4.43. The molecule has 0 spiro atoms. The Balaban J connectivity index is 2.66. The molecular weight excluding hydrogens is 259 g/mol. The molecule has 0 aliphatic rings. The Hall–Kier alpha value is -1.62. The van der Waals surface area contributed by atoms with Crippen LogP contribution >= 0.6 is 0 Å². The molecule has 2 N–H and O–H groups in total. The molecule has 0 aliphatic carbocycles. The molecule has 1 rings (SSSR count). The Bertz CT molecular complexity index is 438. The van der Waals surface area contributed by atoms with Gasteiger partial charge in [0, 0.05) is 18.2 Å². The van der Waals surface area contributed by atoms with Gasteiger partial charge in [0.2, 0.25) is 5.91 Å². The van der Waals surface area contributed by atoms with Crippen LogP contribution in [0.1, 0.15) is 38.8 Å². The lowest BCUT2D eigenvalue weighted by Gasteiger charge is -2.17. The van der Waals surface area contributed by atoms with Gasteiger partial charge in [0.25, 0.3) is 0 Å². The van der Waals surface area contributed by atoms with Crippen molar-refractivity contribution in [3.8, 4) is 5.75 Å². The molecule has 0 heterocycles.